The Balaban J connectivity index is 1.52. The lowest BCUT2D eigenvalue weighted by atomic mass is 9.98. The number of hydrogen-bond acceptors (Lipinski definition) is 5. The molecule has 0 aliphatic carbocycles. The third-order valence-corrected chi connectivity index (χ3v) is 9.21. The summed E-state index contributed by atoms with van der Waals surface area (Å²) in [6, 6.07) is 6.44. The van der Waals surface area contributed by atoms with Crippen LogP contribution in [0.2, 0.25) is 0 Å². The Hall–Kier alpha value is -1.22. The summed E-state index contributed by atoms with van der Waals surface area (Å²) in [5.41, 5.74) is 1.34. The number of carbonyl (C=O) groups excluding carboxylic acids is 1. The molecule has 1 amide bonds. The van der Waals surface area contributed by atoms with Crippen LogP contribution < -0.4 is 4.90 Å². The van der Waals surface area contributed by atoms with Crippen molar-refractivity contribution in [3.8, 4) is 0 Å². The molecule has 5 nitrogen and oxygen atoms in total. The van der Waals surface area contributed by atoms with E-state index < -0.39 is 9.84 Å². The number of likely N-dealkylation sites (N-methyl/N-ethyl adjacent to an activating group) is 1. The molecule has 1 saturated heterocycles. The zero-order valence-electron chi connectivity index (χ0n) is 14.7. The van der Waals surface area contributed by atoms with E-state index in [1.807, 2.05) is 0 Å². The molecule has 4 rings (SSSR count). The van der Waals surface area contributed by atoms with Gasteiger partial charge in [-0.05, 0) is 29.3 Å². The average molecular weight is 412 g/mol. The second-order valence-electron chi connectivity index (χ2n) is 7.14. The fourth-order valence-corrected chi connectivity index (χ4v) is 7.65. The van der Waals surface area contributed by atoms with E-state index >= 15 is 0 Å². The van der Waals surface area contributed by atoms with E-state index in [9.17, 15) is 13.2 Å². The van der Waals surface area contributed by atoms with Crippen molar-refractivity contribution in [3.05, 3.63) is 44.3 Å². The highest BCUT2D eigenvalue weighted by molar-refractivity contribution is 7.91. The van der Waals surface area contributed by atoms with Crippen LogP contribution in [0.3, 0.4) is 0 Å². The number of carbonyl (C=O) groups is 1. The first-order valence-electron chi connectivity index (χ1n) is 8.85. The summed E-state index contributed by atoms with van der Waals surface area (Å²) >= 11 is 3.54. The molecule has 1 fully saturated rings. The zero-order valence-corrected chi connectivity index (χ0v) is 17.1. The minimum absolute atomic E-state index is 0.0438. The van der Waals surface area contributed by atoms with Crippen molar-refractivity contribution < 1.29 is 18.1 Å². The molecule has 140 valence electrons. The van der Waals surface area contributed by atoms with E-state index in [4.69, 9.17) is 0 Å². The highest BCUT2D eigenvalue weighted by Gasteiger charge is 2.38. The Labute approximate surface area is 162 Å². The molecule has 2 aliphatic rings. The maximum atomic E-state index is 12.9. The number of fused-ring (bicyclic) bond motifs is 1. The summed E-state index contributed by atoms with van der Waals surface area (Å²) in [5.74, 6) is 0.345. The second-order valence-corrected chi connectivity index (χ2v) is 11.4. The molecule has 0 radical (unpaired) electrons. The predicted octanol–water partition coefficient (Wildman–Crippen LogP) is 0.986. The fraction of sp³-hybridized carbons (Fsp3) is 0.500. The van der Waals surface area contributed by atoms with Gasteiger partial charge in [0.1, 0.15) is 6.04 Å². The van der Waals surface area contributed by atoms with Crippen LogP contribution in [0.1, 0.15) is 27.8 Å². The zero-order chi connectivity index (χ0) is 18.3. The number of nitrogens with zero attached hydrogens (tertiary/aromatic N) is 1. The highest BCUT2D eigenvalue weighted by atomic mass is 32.2. The van der Waals surface area contributed by atoms with E-state index in [1.54, 1.807) is 34.6 Å². The Morgan fingerprint density at radius 1 is 1.31 bits per heavy atom. The SMILES string of the molecule is CN(C(=O)C[NH+]1CCc2sccc2[C@@H]1c1cccs1)[C@@H]1CCS(=O)(=O)C1. The molecule has 2 aromatic rings. The molecule has 0 spiro atoms. The molecule has 26 heavy (non-hydrogen) atoms. The van der Waals surface area contributed by atoms with Gasteiger partial charge in [-0.25, -0.2) is 8.42 Å². The van der Waals surface area contributed by atoms with Crippen LogP contribution in [0.4, 0.5) is 0 Å². The second kappa shape index (κ2) is 7.07. The van der Waals surface area contributed by atoms with Crippen molar-refractivity contribution in [2.75, 3.05) is 31.6 Å². The van der Waals surface area contributed by atoms with Crippen LogP contribution in [0.25, 0.3) is 0 Å². The highest BCUT2D eigenvalue weighted by Crippen LogP contribution is 2.31. The minimum atomic E-state index is -2.98. The van der Waals surface area contributed by atoms with Gasteiger partial charge < -0.3 is 9.80 Å². The summed E-state index contributed by atoms with van der Waals surface area (Å²) in [4.78, 5) is 18.5. The normalized spacial score (nSPS) is 27.2. The number of hydrogen-bond donors (Lipinski definition) is 1. The van der Waals surface area contributed by atoms with Crippen LogP contribution in [-0.2, 0) is 21.1 Å². The van der Waals surface area contributed by atoms with Gasteiger partial charge in [0.15, 0.2) is 16.4 Å². The number of thiophene rings is 2. The molecular weight excluding hydrogens is 388 g/mol. The van der Waals surface area contributed by atoms with Crippen molar-refractivity contribution >= 4 is 38.4 Å². The van der Waals surface area contributed by atoms with E-state index in [-0.39, 0.29) is 29.5 Å². The van der Waals surface area contributed by atoms with Crippen molar-refractivity contribution in [2.24, 2.45) is 0 Å². The van der Waals surface area contributed by atoms with E-state index in [0.717, 1.165) is 13.0 Å². The first-order chi connectivity index (χ1) is 12.4. The number of nitrogens with one attached hydrogen (secondary N) is 1. The van der Waals surface area contributed by atoms with Gasteiger partial charge in [0.25, 0.3) is 5.91 Å². The Kier molecular flexibility index (Phi) is 4.94. The van der Waals surface area contributed by atoms with Crippen molar-refractivity contribution in [1.29, 1.82) is 0 Å². The molecule has 2 aromatic heterocycles. The molecule has 1 N–H and O–H groups in total. The molecule has 2 aliphatic heterocycles. The molecule has 1 unspecified atom stereocenters. The minimum Gasteiger partial charge on any atom is -0.337 e. The summed E-state index contributed by atoms with van der Waals surface area (Å²) in [5, 5.41) is 4.23. The largest absolute Gasteiger partial charge is 0.337 e. The molecular formula is C18H23N2O3S3+. The fourth-order valence-electron chi connectivity index (χ4n) is 4.05. The van der Waals surface area contributed by atoms with Gasteiger partial charge in [-0.1, -0.05) is 6.07 Å². The third-order valence-electron chi connectivity index (χ3n) is 5.53. The smallest absolute Gasteiger partial charge is 0.277 e. The molecule has 0 aromatic carbocycles. The molecule has 4 heterocycles. The summed E-state index contributed by atoms with van der Waals surface area (Å²) < 4.78 is 23.5. The third kappa shape index (κ3) is 3.47. The number of amides is 1. The van der Waals surface area contributed by atoms with Crippen LogP contribution in [0, 0.1) is 0 Å². The molecule has 0 saturated carbocycles. The van der Waals surface area contributed by atoms with E-state index in [0.29, 0.717) is 13.0 Å². The van der Waals surface area contributed by atoms with Crippen LogP contribution in [0.15, 0.2) is 29.0 Å². The number of quaternary nitrogens is 1. The maximum absolute atomic E-state index is 12.9. The summed E-state index contributed by atoms with van der Waals surface area (Å²) in [6.45, 7) is 1.34. The van der Waals surface area contributed by atoms with Crippen molar-refractivity contribution in [1.82, 2.24) is 4.90 Å². The molecule has 3 atom stereocenters. The van der Waals surface area contributed by atoms with Gasteiger partial charge in [-0.15, -0.1) is 22.7 Å². The van der Waals surface area contributed by atoms with Crippen molar-refractivity contribution in [3.63, 3.8) is 0 Å². The van der Waals surface area contributed by atoms with Crippen LogP contribution in [-0.4, -0.2) is 56.9 Å². The first-order valence-corrected chi connectivity index (χ1v) is 12.4. The number of rotatable bonds is 4. The predicted molar refractivity (Wildman–Crippen MR) is 105 cm³/mol. The summed E-state index contributed by atoms with van der Waals surface area (Å²) in [6.07, 6.45) is 1.56. The molecule has 0 bridgehead atoms. The van der Waals surface area contributed by atoms with Gasteiger partial charge in [-0.3, -0.25) is 4.79 Å². The first kappa shape index (κ1) is 18.2. The van der Waals surface area contributed by atoms with Gasteiger partial charge >= 0.3 is 0 Å². The van der Waals surface area contributed by atoms with Crippen LogP contribution >= 0.6 is 22.7 Å². The summed E-state index contributed by atoms with van der Waals surface area (Å²) in [7, 11) is -1.23. The maximum Gasteiger partial charge on any atom is 0.277 e. The Morgan fingerprint density at radius 3 is 2.85 bits per heavy atom. The van der Waals surface area contributed by atoms with Gasteiger partial charge in [0.2, 0.25) is 0 Å². The lowest BCUT2D eigenvalue weighted by Crippen LogP contribution is -3.14. The van der Waals surface area contributed by atoms with Crippen molar-refractivity contribution in [2.45, 2.75) is 24.9 Å². The van der Waals surface area contributed by atoms with E-state index in [1.165, 1.54) is 20.2 Å². The number of sulfone groups is 1. The average Bonchev–Trinajstić information content (AvgIpc) is 3.33. The van der Waals surface area contributed by atoms with Gasteiger partial charge in [-0.2, -0.15) is 0 Å². The van der Waals surface area contributed by atoms with Crippen LogP contribution in [0.5, 0.6) is 0 Å². The molecule has 8 heteroatoms. The monoisotopic (exact) mass is 411 g/mol. The van der Waals surface area contributed by atoms with Gasteiger partial charge in [0.05, 0.1) is 22.9 Å². The standard InChI is InChI=1S/C18H22N2O3S3/c1-19(13-6-10-26(22,23)12-13)17(21)11-20-7-4-15-14(5-9-25-15)18(20)16-3-2-8-24-16/h2-3,5,8-9,13,18H,4,6-7,10-12H2,1H3/p+1/t13-,18-/m1/s1. The Bertz CT molecular complexity index is 889. The van der Waals surface area contributed by atoms with E-state index in [2.05, 4.69) is 29.0 Å². The Morgan fingerprint density at radius 2 is 2.15 bits per heavy atom. The van der Waals surface area contributed by atoms with Gasteiger partial charge in [0, 0.05) is 30.0 Å². The topological polar surface area (TPSA) is 58.9 Å². The quantitative estimate of drug-likeness (QED) is 0.816. The lowest BCUT2D eigenvalue weighted by Gasteiger charge is -2.33. The lowest BCUT2D eigenvalue weighted by molar-refractivity contribution is -0.919.